The van der Waals surface area contributed by atoms with E-state index in [4.69, 9.17) is 14.0 Å². The Morgan fingerprint density at radius 1 is 1.20 bits per heavy atom. The number of pyridine rings is 1. The lowest BCUT2D eigenvalue weighted by atomic mass is 10.1. The molecule has 0 N–H and O–H groups in total. The average Bonchev–Trinajstić information content (AvgIpc) is 3.07. The van der Waals surface area contributed by atoms with Gasteiger partial charge in [0.1, 0.15) is 22.4 Å². The van der Waals surface area contributed by atoms with Gasteiger partial charge in [0.25, 0.3) is 0 Å². The van der Waals surface area contributed by atoms with Gasteiger partial charge in [0, 0.05) is 17.5 Å². The first kappa shape index (κ1) is 21.5. The van der Waals surface area contributed by atoms with Crippen LogP contribution >= 0.6 is 11.8 Å². The van der Waals surface area contributed by atoms with E-state index in [2.05, 4.69) is 10.1 Å². The monoisotopic (exact) mass is 430 g/mol. The summed E-state index contributed by atoms with van der Waals surface area (Å²) in [6.45, 7) is 3.10. The molecule has 9 heteroatoms. The minimum atomic E-state index is -0.701. The predicted molar refractivity (Wildman–Crippen MR) is 107 cm³/mol. The van der Waals surface area contributed by atoms with E-state index in [1.165, 1.54) is 31.0 Å². The molecule has 0 fully saturated rings. The number of benzene rings is 1. The Bertz CT molecular complexity index is 1060. The van der Waals surface area contributed by atoms with E-state index in [-0.39, 0.29) is 16.9 Å². The molecule has 0 spiro atoms. The Labute approximate surface area is 176 Å². The van der Waals surface area contributed by atoms with Crippen LogP contribution in [0.25, 0.3) is 0 Å². The first-order chi connectivity index (χ1) is 14.4. The molecular weight excluding hydrogens is 411 g/mol. The van der Waals surface area contributed by atoms with Gasteiger partial charge in [-0.25, -0.2) is 14.2 Å². The summed E-state index contributed by atoms with van der Waals surface area (Å²) in [5.74, 6) is -0.445. The van der Waals surface area contributed by atoms with Gasteiger partial charge in [0.15, 0.2) is 6.61 Å². The smallest absolute Gasteiger partial charge is 0.341 e. The third-order valence-electron chi connectivity index (χ3n) is 4.32. The fourth-order valence-electron chi connectivity index (χ4n) is 2.69. The van der Waals surface area contributed by atoms with E-state index < -0.39 is 24.2 Å². The number of nitrogens with zero attached hydrogens (tertiary/aromatic N) is 2. The number of hydrogen-bond acceptors (Lipinski definition) is 8. The molecule has 3 aromatic rings. The average molecular weight is 430 g/mol. The Hall–Kier alpha value is -3.20. The van der Waals surface area contributed by atoms with Crippen molar-refractivity contribution >= 4 is 23.5 Å². The molecule has 0 amide bonds. The summed E-state index contributed by atoms with van der Waals surface area (Å²) in [4.78, 5) is 29.2. The van der Waals surface area contributed by atoms with Crippen LogP contribution in [0.2, 0.25) is 0 Å². The number of esters is 1. The zero-order valence-electron chi connectivity index (χ0n) is 16.6. The van der Waals surface area contributed by atoms with Crippen LogP contribution in [0, 0.1) is 19.7 Å². The van der Waals surface area contributed by atoms with E-state index >= 15 is 0 Å². The maximum absolute atomic E-state index is 13.5. The molecule has 0 aliphatic heterocycles. The summed E-state index contributed by atoms with van der Waals surface area (Å²) >= 11 is 1.33. The lowest BCUT2D eigenvalue weighted by Crippen LogP contribution is -2.16. The molecule has 0 unspecified atom stereocenters. The Morgan fingerprint density at radius 2 is 2.00 bits per heavy atom. The third kappa shape index (κ3) is 4.85. The summed E-state index contributed by atoms with van der Waals surface area (Å²) in [5.41, 5.74) is 1.94. The normalized spacial score (nSPS) is 10.7. The Morgan fingerprint density at radius 3 is 2.70 bits per heavy atom. The molecular formula is C21H19FN2O5S. The third-order valence-corrected chi connectivity index (χ3v) is 5.35. The minimum Gasteiger partial charge on any atom is -0.496 e. The van der Waals surface area contributed by atoms with Gasteiger partial charge in [-0.1, -0.05) is 5.16 Å². The van der Waals surface area contributed by atoms with Crippen molar-refractivity contribution in [1.82, 2.24) is 10.1 Å². The molecule has 30 heavy (non-hydrogen) atoms. The number of halogens is 1. The first-order valence-corrected chi connectivity index (χ1v) is 9.92. The van der Waals surface area contributed by atoms with Gasteiger partial charge in [-0.2, -0.15) is 0 Å². The second-order valence-corrected chi connectivity index (χ2v) is 7.26. The molecule has 0 saturated heterocycles. The van der Waals surface area contributed by atoms with E-state index in [1.807, 2.05) is 13.8 Å². The number of ether oxygens (including phenoxy) is 2. The molecule has 2 aromatic heterocycles. The van der Waals surface area contributed by atoms with Gasteiger partial charge in [-0.3, -0.25) is 4.79 Å². The second kappa shape index (κ2) is 9.53. The quantitative estimate of drug-likeness (QED) is 0.299. The second-order valence-electron chi connectivity index (χ2n) is 6.29. The lowest BCUT2D eigenvalue weighted by Gasteiger charge is -2.10. The molecule has 1 aromatic carbocycles. The van der Waals surface area contributed by atoms with Crippen molar-refractivity contribution in [1.29, 1.82) is 0 Å². The van der Waals surface area contributed by atoms with Crippen LogP contribution in [0.15, 0.2) is 46.1 Å². The first-order valence-electron chi connectivity index (χ1n) is 8.94. The van der Waals surface area contributed by atoms with E-state index in [9.17, 15) is 14.0 Å². The van der Waals surface area contributed by atoms with Crippen molar-refractivity contribution < 1.29 is 28.0 Å². The molecule has 3 rings (SSSR count). The van der Waals surface area contributed by atoms with Gasteiger partial charge >= 0.3 is 5.97 Å². The van der Waals surface area contributed by atoms with Gasteiger partial charge in [-0.05, 0) is 44.2 Å². The number of methoxy groups -OCH3 is 1. The lowest BCUT2D eigenvalue weighted by molar-refractivity contribution is 0.0469. The molecule has 0 saturated carbocycles. The number of carbonyl (C=O) groups is 2. The summed E-state index contributed by atoms with van der Waals surface area (Å²) in [6.07, 6.45) is 1.56. The standard InChI is InChI=1S/C21H19FN2O5S/c1-12-17(13(2)29-24-12)11-30-20-15(5-4-8-23-20)21(26)28-10-18(25)16-9-14(22)6-7-19(16)27-3/h4-9H,10-11H2,1-3H3. The molecule has 0 atom stereocenters. The highest BCUT2D eigenvalue weighted by Crippen LogP contribution is 2.27. The molecule has 156 valence electrons. The number of aryl methyl sites for hydroxylation is 2. The highest BCUT2D eigenvalue weighted by atomic mass is 32.2. The summed E-state index contributed by atoms with van der Waals surface area (Å²) in [7, 11) is 1.37. The molecule has 0 aliphatic rings. The van der Waals surface area contributed by atoms with Crippen LogP contribution in [-0.2, 0) is 10.5 Å². The number of Topliss-reactive ketones (excluding diaryl/α,β-unsaturated/α-hetero) is 1. The fourth-order valence-corrected chi connectivity index (χ4v) is 3.83. The number of carbonyl (C=O) groups excluding carboxylic acids is 2. The number of rotatable bonds is 8. The van der Waals surface area contributed by atoms with E-state index in [1.54, 1.807) is 18.3 Å². The molecule has 2 heterocycles. The molecule has 7 nitrogen and oxygen atoms in total. The largest absolute Gasteiger partial charge is 0.496 e. The van der Waals surface area contributed by atoms with E-state index in [0.29, 0.717) is 16.5 Å². The van der Waals surface area contributed by atoms with Gasteiger partial charge in [0.05, 0.1) is 23.9 Å². The Balaban J connectivity index is 1.69. The van der Waals surface area contributed by atoms with Gasteiger partial charge in [0.2, 0.25) is 5.78 Å². The van der Waals surface area contributed by atoms with E-state index in [0.717, 1.165) is 17.3 Å². The van der Waals surface area contributed by atoms with Crippen molar-refractivity contribution in [3.63, 3.8) is 0 Å². The topological polar surface area (TPSA) is 91.5 Å². The number of thioether (sulfide) groups is 1. The zero-order chi connectivity index (χ0) is 21.7. The summed E-state index contributed by atoms with van der Waals surface area (Å²) < 4.78 is 28.8. The highest BCUT2D eigenvalue weighted by Gasteiger charge is 2.20. The van der Waals surface area contributed by atoms with Crippen LogP contribution in [0.5, 0.6) is 5.75 Å². The van der Waals surface area contributed by atoms with Crippen molar-refractivity contribution in [3.05, 3.63) is 70.5 Å². The van der Waals surface area contributed by atoms with Crippen molar-refractivity contribution in [2.45, 2.75) is 24.6 Å². The predicted octanol–water partition coefficient (Wildman–Crippen LogP) is 4.17. The fraction of sp³-hybridized carbons (Fsp3) is 0.238. The van der Waals surface area contributed by atoms with Crippen LogP contribution in [0.1, 0.15) is 37.7 Å². The van der Waals surface area contributed by atoms with Crippen molar-refractivity contribution in [2.75, 3.05) is 13.7 Å². The van der Waals surface area contributed by atoms with Crippen LogP contribution in [-0.4, -0.2) is 35.6 Å². The van der Waals surface area contributed by atoms with Gasteiger partial charge in [-0.15, -0.1) is 11.8 Å². The van der Waals surface area contributed by atoms with Crippen LogP contribution in [0.4, 0.5) is 4.39 Å². The summed E-state index contributed by atoms with van der Waals surface area (Å²) in [6, 6.07) is 6.74. The maximum Gasteiger partial charge on any atom is 0.341 e. The zero-order valence-corrected chi connectivity index (χ0v) is 17.4. The SMILES string of the molecule is COc1ccc(F)cc1C(=O)COC(=O)c1cccnc1SCc1c(C)noc1C. The molecule has 0 radical (unpaired) electrons. The van der Waals surface area contributed by atoms with Crippen LogP contribution < -0.4 is 4.74 Å². The highest BCUT2D eigenvalue weighted by molar-refractivity contribution is 7.98. The number of hydrogen-bond donors (Lipinski definition) is 0. The molecule has 0 bridgehead atoms. The summed E-state index contributed by atoms with van der Waals surface area (Å²) in [5, 5.41) is 4.37. The molecule has 0 aliphatic carbocycles. The van der Waals surface area contributed by atoms with Gasteiger partial charge < -0.3 is 14.0 Å². The van der Waals surface area contributed by atoms with Crippen LogP contribution in [0.3, 0.4) is 0 Å². The van der Waals surface area contributed by atoms with Crippen molar-refractivity contribution in [2.24, 2.45) is 0 Å². The Kier molecular flexibility index (Phi) is 6.83. The number of ketones is 1. The minimum absolute atomic E-state index is 0.00416. The van der Waals surface area contributed by atoms with Crippen molar-refractivity contribution in [3.8, 4) is 5.75 Å². The maximum atomic E-state index is 13.5. The number of aromatic nitrogens is 2.